The van der Waals surface area contributed by atoms with Crippen LogP contribution in [0.15, 0.2) is 77.8 Å². The first-order valence-corrected chi connectivity index (χ1v) is 10.7. The topological polar surface area (TPSA) is 66.0 Å². The molecular weight excluding hydrogens is 444 g/mol. The van der Waals surface area contributed by atoms with Gasteiger partial charge >= 0.3 is 0 Å². The maximum Gasteiger partial charge on any atom is 0.272 e. The molecule has 1 aliphatic rings. The third-order valence-electron chi connectivity index (χ3n) is 5.07. The van der Waals surface area contributed by atoms with E-state index in [1.807, 2.05) is 66.7 Å². The molecule has 0 fully saturated rings. The first-order chi connectivity index (χ1) is 15.5. The Hall–Kier alpha value is -3.42. The molecule has 3 aromatic carbocycles. The van der Waals surface area contributed by atoms with E-state index < -0.39 is 6.17 Å². The average Bonchev–Trinajstić information content (AvgIpc) is 2.90. The third-order valence-corrected chi connectivity index (χ3v) is 5.52. The minimum atomic E-state index is -0.934. The van der Waals surface area contributed by atoms with Crippen LogP contribution in [0.25, 0.3) is 0 Å². The number of amides is 1. The molecule has 162 valence electrons. The van der Waals surface area contributed by atoms with Crippen LogP contribution in [-0.2, 0) is 4.79 Å². The van der Waals surface area contributed by atoms with Crippen molar-refractivity contribution >= 4 is 51.9 Å². The van der Waals surface area contributed by atoms with E-state index >= 15 is 0 Å². The van der Waals surface area contributed by atoms with Gasteiger partial charge in [0.15, 0.2) is 5.11 Å². The number of nitrogens with zero attached hydrogens (tertiary/aromatic N) is 2. The summed E-state index contributed by atoms with van der Waals surface area (Å²) in [7, 11) is 3.30. The highest BCUT2D eigenvalue weighted by molar-refractivity contribution is 7.80. The highest BCUT2D eigenvalue weighted by Crippen LogP contribution is 2.30. The maximum absolute atomic E-state index is 13.3. The van der Waals surface area contributed by atoms with Crippen molar-refractivity contribution in [3.63, 3.8) is 0 Å². The molecule has 0 aromatic heterocycles. The van der Waals surface area contributed by atoms with Crippen LogP contribution in [0, 0.1) is 0 Å². The van der Waals surface area contributed by atoms with Gasteiger partial charge in [-0.15, -0.1) is 0 Å². The summed E-state index contributed by atoms with van der Waals surface area (Å²) < 4.78 is 5.36. The highest BCUT2D eigenvalue weighted by atomic mass is 35.5. The Morgan fingerprint density at radius 1 is 1.09 bits per heavy atom. The van der Waals surface area contributed by atoms with Crippen LogP contribution >= 0.6 is 23.8 Å². The molecule has 3 aromatic rings. The number of aliphatic imine (C=N–C) groups is 1. The van der Waals surface area contributed by atoms with E-state index in [0.717, 1.165) is 16.8 Å². The van der Waals surface area contributed by atoms with Crippen molar-refractivity contribution in [1.82, 2.24) is 5.32 Å². The van der Waals surface area contributed by atoms with E-state index in [1.165, 1.54) is 0 Å². The number of halogens is 1. The average molecular weight is 465 g/mol. The van der Waals surface area contributed by atoms with Crippen LogP contribution in [0.5, 0.6) is 5.75 Å². The molecule has 8 heteroatoms. The molecule has 0 saturated carbocycles. The van der Waals surface area contributed by atoms with Crippen molar-refractivity contribution < 1.29 is 9.53 Å². The van der Waals surface area contributed by atoms with Gasteiger partial charge in [-0.1, -0.05) is 54.1 Å². The lowest BCUT2D eigenvalue weighted by molar-refractivity contribution is -0.119. The van der Waals surface area contributed by atoms with Gasteiger partial charge in [0.25, 0.3) is 5.91 Å². The van der Waals surface area contributed by atoms with Crippen LogP contribution in [0.2, 0.25) is 5.02 Å². The summed E-state index contributed by atoms with van der Waals surface area (Å²) in [6.07, 6.45) is -0.934. The Labute approximate surface area is 196 Å². The largest absolute Gasteiger partial charge is 0.495 e. The Balaban J connectivity index is 1.71. The van der Waals surface area contributed by atoms with Gasteiger partial charge in [-0.25, -0.2) is 4.99 Å². The first-order valence-electron chi connectivity index (χ1n) is 9.89. The van der Waals surface area contributed by atoms with Gasteiger partial charge in [-0.2, -0.15) is 0 Å². The summed E-state index contributed by atoms with van der Waals surface area (Å²) in [5, 5.41) is 6.94. The summed E-state index contributed by atoms with van der Waals surface area (Å²) in [5.41, 5.74) is 3.69. The quantitative estimate of drug-likeness (QED) is 0.557. The van der Waals surface area contributed by atoms with Gasteiger partial charge in [-0.3, -0.25) is 4.79 Å². The number of ether oxygens (including phenoxy) is 1. The molecule has 1 atom stereocenters. The van der Waals surface area contributed by atoms with Crippen molar-refractivity contribution in [1.29, 1.82) is 0 Å². The van der Waals surface area contributed by atoms with Crippen LogP contribution < -0.4 is 20.3 Å². The van der Waals surface area contributed by atoms with Crippen molar-refractivity contribution in [2.24, 2.45) is 4.99 Å². The molecule has 1 amide bonds. The molecule has 0 radical (unpaired) electrons. The van der Waals surface area contributed by atoms with Crippen LogP contribution in [0.1, 0.15) is 11.1 Å². The molecule has 0 aliphatic carbocycles. The smallest absolute Gasteiger partial charge is 0.272 e. The monoisotopic (exact) mass is 464 g/mol. The number of benzene rings is 3. The Kier molecular flexibility index (Phi) is 6.39. The standard InChI is InChI=1S/C24H21ClN4O2S/c1-29-19-13-12-16(25)14-17(19)21(15-8-4-3-5-9-15)27-22(23(29)30)28-24(32)26-18-10-6-7-11-20(18)31-2/h3-14,22H,1-2H3,(H2,26,28,32). The zero-order chi connectivity index (χ0) is 22.7. The second-order valence-corrected chi connectivity index (χ2v) is 7.95. The van der Waals surface area contributed by atoms with E-state index in [1.54, 1.807) is 25.1 Å². The maximum atomic E-state index is 13.3. The summed E-state index contributed by atoms with van der Waals surface area (Å²) in [6.45, 7) is 0. The van der Waals surface area contributed by atoms with E-state index in [-0.39, 0.29) is 11.0 Å². The number of carbonyl (C=O) groups excluding carboxylic acids is 1. The number of thiocarbonyl (C=S) groups is 1. The molecule has 0 saturated heterocycles. The molecule has 1 unspecified atom stereocenters. The molecule has 2 N–H and O–H groups in total. The fourth-order valence-corrected chi connectivity index (χ4v) is 3.89. The molecule has 0 spiro atoms. The van der Waals surface area contributed by atoms with Gasteiger partial charge in [-0.05, 0) is 42.5 Å². The van der Waals surface area contributed by atoms with Crippen molar-refractivity contribution in [2.75, 3.05) is 24.4 Å². The predicted molar refractivity (Wildman–Crippen MR) is 133 cm³/mol. The van der Waals surface area contributed by atoms with E-state index in [0.29, 0.717) is 22.2 Å². The van der Waals surface area contributed by atoms with Crippen molar-refractivity contribution in [2.45, 2.75) is 6.17 Å². The van der Waals surface area contributed by atoms with Gasteiger partial charge in [0.05, 0.1) is 24.2 Å². The number of anilines is 2. The highest BCUT2D eigenvalue weighted by Gasteiger charge is 2.30. The number of para-hydroxylation sites is 2. The van der Waals surface area contributed by atoms with Gasteiger partial charge in [0.1, 0.15) is 5.75 Å². The summed E-state index contributed by atoms with van der Waals surface area (Å²) in [5.74, 6) is 0.389. The molecule has 6 nitrogen and oxygen atoms in total. The normalized spacial score (nSPS) is 15.3. The van der Waals surface area contributed by atoms with Gasteiger partial charge < -0.3 is 20.3 Å². The Bertz CT molecular complexity index is 1200. The number of nitrogens with one attached hydrogen (secondary N) is 2. The molecular formula is C24H21ClN4O2S. The van der Waals surface area contributed by atoms with Gasteiger partial charge in [0, 0.05) is 23.2 Å². The summed E-state index contributed by atoms with van der Waals surface area (Å²) >= 11 is 11.8. The SMILES string of the molecule is COc1ccccc1NC(=S)NC1N=C(c2ccccc2)c2cc(Cl)ccc2N(C)C1=O. The van der Waals surface area contributed by atoms with Crippen LogP contribution in [0.4, 0.5) is 11.4 Å². The van der Waals surface area contributed by atoms with Crippen molar-refractivity contribution in [3.05, 3.63) is 88.9 Å². The first kappa shape index (κ1) is 21.8. The summed E-state index contributed by atoms with van der Waals surface area (Å²) in [4.78, 5) is 19.6. The Morgan fingerprint density at radius 2 is 1.81 bits per heavy atom. The Morgan fingerprint density at radius 3 is 2.56 bits per heavy atom. The zero-order valence-electron chi connectivity index (χ0n) is 17.5. The molecule has 4 rings (SSSR count). The fourth-order valence-electron chi connectivity index (χ4n) is 3.50. The third kappa shape index (κ3) is 4.44. The van der Waals surface area contributed by atoms with E-state index in [4.69, 9.17) is 33.5 Å². The van der Waals surface area contributed by atoms with Gasteiger partial charge in [0.2, 0.25) is 6.17 Å². The number of carbonyl (C=O) groups is 1. The summed E-state index contributed by atoms with van der Waals surface area (Å²) in [6, 6.07) is 22.5. The molecule has 1 aliphatic heterocycles. The number of hydrogen-bond acceptors (Lipinski definition) is 4. The lowest BCUT2D eigenvalue weighted by Crippen LogP contribution is -2.47. The number of benzodiazepines with no additional fused rings is 1. The van der Waals surface area contributed by atoms with Crippen LogP contribution in [-0.4, -0.2) is 37.1 Å². The minimum absolute atomic E-state index is 0.247. The van der Waals surface area contributed by atoms with Crippen molar-refractivity contribution in [3.8, 4) is 5.75 Å². The zero-order valence-corrected chi connectivity index (χ0v) is 19.1. The number of rotatable bonds is 4. The second kappa shape index (κ2) is 9.38. The molecule has 1 heterocycles. The number of methoxy groups -OCH3 is 1. The molecule has 0 bridgehead atoms. The molecule has 32 heavy (non-hydrogen) atoms. The number of likely N-dealkylation sites (N-methyl/N-ethyl adjacent to an activating group) is 1. The lowest BCUT2D eigenvalue weighted by Gasteiger charge is -2.22. The minimum Gasteiger partial charge on any atom is -0.495 e. The number of fused-ring (bicyclic) bond motifs is 1. The fraction of sp³-hybridized carbons (Fsp3) is 0.125. The lowest BCUT2D eigenvalue weighted by atomic mass is 10.0. The number of hydrogen-bond donors (Lipinski definition) is 2. The van der Waals surface area contributed by atoms with E-state index in [2.05, 4.69) is 10.6 Å². The predicted octanol–water partition coefficient (Wildman–Crippen LogP) is 4.48. The van der Waals surface area contributed by atoms with E-state index in [9.17, 15) is 4.79 Å². The second-order valence-electron chi connectivity index (χ2n) is 7.10. The van der Waals surface area contributed by atoms with Crippen LogP contribution in [0.3, 0.4) is 0 Å².